The van der Waals surface area contributed by atoms with Gasteiger partial charge in [0.1, 0.15) is 0 Å². The van der Waals surface area contributed by atoms with E-state index in [1.807, 2.05) is 0 Å². The number of benzene rings is 1. The molecule has 0 radical (unpaired) electrons. The van der Waals surface area contributed by atoms with Crippen LogP contribution in [-0.2, 0) is 19.3 Å². The van der Waals surface area contributed by atoms with Crippen LogP contribution >= 0.6 is 0 Å². The first-order valence-electron chi connectivity index (χ1n) is 7.68. The summed E-state index contributed by atoms with van der Waals surface area (Å²) in [5.74, 6) is 0.641. The van der Waals surface area contributed by atoms with Crippen LogP contribution in [0.5, 0.6) is 0 Å². The zero-order valence-electron chi connectivity index (χ0n) is 12.5. The van der Waals surface area contributed by atoms with Crippen molar-refractivity contribution in [1.82, 2.24) is 4.90 Å². The Morgan fingerprint density at radius 2 is 2.00 bits per heavy atom. The summed E-state index contributed by atoms with van der Waals surface area (Å²) >= 11 is 0. The van der Waals surface area contributed by atoms with Gasteiger partial charge in [-0.1, -0.05) is 25.1 Å². The average Bonchev–Trinajstić information content (AvgIpc) is 2.89. The Balaban J connectivity index is 1.75. The number of likely N-dealkylation sites (N-methyl/N-ethyl adjacent to an activating group) is 1. The molecule has 2 rings (SSSR count). The van der Waals surface area contributed by atoms with Crippen LogP contribution in [0.15, 0.2) is 18.2 Å². The molecule has 1 unspecified atom stereocenters. The van der Waals surface area contributed by atoms with Gasteiger partial charge in [-0.2, -0.15) is 0 Å². The predicted molar refractivity (Wildman–Crippen MR) is 82.5 cm³/mol. The van der Waals surface area contributed by atoms with Crippen LogP contribution in [0.1, 0.15) is 36.5 Å². The third-order valence-electron chi connectivity index (χ3n) is 4.35. The Hall–Kier alpha value is -0.860. The maximum absolute atomic E-state index is 5.66. The molecule has 2 nitrogen and oxygen atoms in total. The fourth-order valence-corrected chi connectivity index (χ4v) is 2.77. The van der Waals surface area contributed by atoms with Crippen LogP contribution in [0.2, 0.25) is 0 Å². The molecule has 0 spiro atoms. The maximum atomic E-state index is 5.66. The van der Waals surface area contributed by atoms with Gasteiger partial charge in [-0.15, -0.1) is 0 Å². The normalized spacial score (nSPS) is 15.8. The Kier molecular flexibility index (Phi) is 5.41. The van der Waals surface area contributed by atoms with Gasteiger partial charge in [0.05, 0.1) is 0 Å². The first kappa shape index (κ1) is 14.5. The van der Waals surface area contributed by atoms with E-state index in [4.69, 9.17) is 5.73 Å². The second-order valence-electron chi connectivity index (χ2n) is 6.14. The molecule has 1 aliphatic rings. The third kappa shape index (κ3) is 4.32. The van der Waals surface area contributed by atoms with E-state index in [-0.39, 0.29) is 0 Å². The molecular weight excluding hydrogens is 232 g/mol. The lowest BCUT2D eigenvalue weighted by molar-refractivity contribution is 0.310. The molecule has 0 bridgehead atoms. The molecule has 1 aliphatic carbocycles. The third-order valence-corrected chi connectivity index (χ3v) is 4.35. The largest absolute Gasteiger partial charge is 0.330 e. The van der Waals surface area contributed by atoms with Crippen molar-refractivity contribution in [2.45, 2.75) is 39.0 Å². The molecule has 1 aromatic carbocycles. The molecule has 2 heteroatoms. The minimum absolute atomic E-state index is 0.641. The predicted octanol–water partition coefficient (Wildman–Crippen LogP) is 2.63. The monoisotopic (exact) mass is 260 g/mol. The highest BCUT2D eigenvalue weighted by Crippen LogP contribution is 2.23. The highest BCUT2D eigenvalue weighted by molar-refractivity contribution is 5.35. The van der Waals surface area contributed by atoms with E-state index in [1.54, 1.807) is 11.1 Å². The van der Waals surface area contributed by atoms with Crippen LogP contribution in [-0.4, -0.2) is 31.6 Å². The van der Waals surface area contributed by atoms with Gasteiger partial charge in [0.25, 0.3) is 0 Å². The van der Waals surface area contributed by atoms with Gasteiger partial charge in [0.15, 0.2) is 0 Å². The molecule has 0 heterocycles. The number of aryl methyl sites for hydroxylation is 2. The van der Waals surface area contributed by atoms with Crippen LogP contribution in [0.25, 0.3) is 0 Å². The lowest BCUT2D eigenvalue weighted by Gasteiger charge is -2.18. The van der Waals surface area contributed by atoms with E-state index in [1.165, 1.54) is 37.7 Å². The van der Waals surface area contributed by atoms with E-state index in [0.717, 1.165) is 19.6 Å². The van der Waals surface area contributed by atoms with Crippen LogP contribution in [0.4, 0.5) is 0 Å². The quantitative estimate of drug-likeness (QED) is 0.816. The second kappa shape index (κ2) is 7.06. The van der Waals surface area contributed by atoms with Gasteiger partial charge in [-0.05, 0) is 74.8 Å². The Bertz CT molecular complexity index is 400. The van der Waals surface area contributed by atoms with Crippen molar-refractivity contribution >= 4 is 0 Å². The van der Waals surface area contributed by atoms with Crippen molar-refractivity contribution in [2.24, 2.45) is 11.7 Å². The van der Waals surface area contributed by atoms with Gasteiger partial charge in [0.2, 0.25) is 0 Å². The zero-order valence-corrected chi connectivity index (χ0v) is 12.5. The molecule has 1 atom stereocenters. The van der Waals surface area contributed by atoms with Crippen molar-refractivity contribution in [3.8, 4) is 0 Å². The standard InChI is InChI=1S/C17H28N2/c1-14(13-18)8-10-19(2)11-9-15-6-7-16-4-3-5-17(16)12-15/h6-7,12,14H,3-5,8-11,13,18H2,1-2H3. The summed E-state index contributed by atoms with van der Waals surface area (Å²) < 4.78 is 0. The molecule has 0 fully saturated rings. The number of rotatable bonds is 7. The van der Waals surface area contributed by atoms with Crippen molar-refractivity contribution in [3.05, 3.63) is 34.9 Å². The zero-order chi connectivity index (χ0) is 13.7. The number of hydrogen-bond acceptors (Lipinski definition) is 2. The van der Waals surface area contributed by atoms with Crippen molar-refractivity contribution in [1.29, 1.82) is 0 Å². The maximum Gasteiger partial charge on any atom is 0.00188 e. The number of hydrogen-bond donors (Lipinski definition) is 1. The Morgan fingerprint density at radius 3 is 2.79 bits per heavy atom. The van der Waals surface area contributed by atoms with E-state index >= 15 is 0 Å². The number of nitrogens with zero attached hydrogens (tertiary/aromatic N) is 1. The van der Waals surface area contributed by atoms with Gasteiger partial charge < -0.3 is 10.6 Å². The van der Waals surface area contributed by atoms with E-state index in [9.17, 15) is 0 Å². The molecule has 0 saturated carbocycles. The van der Waals surface area contributed by atoms with E-state index < -0.39 is 0 Å². The van der Waals surface area contributed by atoms with E-state index in [0.29, 0.717) is 5.92 Å². The molecule has 0 amide bonds. The smallest absolute Gasteiger partial charge is 0.00188 e. The first-order valence-corrected chi connectivity index (χ1v) is 7.68. The van der Waals surface area contributed by atoms with Crippen molar-refractivity contribution < 1.29 is 0 Å². The van der Waals surface area contributed by atoms with Crippen LogP contribution < -0.4 is 5.73 Å². The minimum Gasteiger partial charge on any atom is -0.330 e. The molecule has 19 heavy (non-hydrogen) atoms. The second-order valence-corrected chi connectivity index (χ2v) is 6.14. The van der Waals surface area contributed by atoms with Gasteiger partial charge in [-0.25, -0.2) is 0 Å². The average molecular weight is 260 g/mol. The van der Waals surface area contributed by atoms with Crippen molar-refractivity contribution in [2.75, 3.05) is 26.7 Å². The fourth-order valence-electron chi connectivity index (χ4n) is 2.77. The molecule has 0 aliphatic heterocycles. The molecular formula is C17H28N2. The molecule has 0 aromatic heterocycles. The van der Waals surface area contributed by atoms with Crippen LogP contribution in [0.3, 0.4) is 0 Å². The Labute approximate surface area is 118 Å². The molecule has 1 aromatic rings. The summed E-state index contributed by atoms with van der Waals surface area (Å²) in [5.41, 5.74) is 10.3. The van der Waals surface area contributed by atoms with Crippen molar-refractivity contribution in [3.63, 3.8) is 0 Å². The summed E-state index contributed by atoms with van der Waals surface area (Å²) in [6.07, 6.45) is 6.28. The lowest BCUT2D eigenvalue weighted by Crippen LogP contribution is -2.25. The van der Waals surface area contributed by atoms with Crippen LogP contribution in [0, 0.1) is 5.92 Å². The topological polar surface area (TPSA) is 29.3 Å². The number of fused-ring (bicyclic) bond motifs is 1. The summed E-state index contributed by atoms with van der Waals surface area (Å²) in [4.78, 5) is 2.43. The summed E-state index contributed by atoms with van der Waals surface area (Å²) in [6, 6.07) is 7.09. The molecule has 106 valence electrons. The summed E-state index contributed by atoms with van der Waals surface area (Å²) in [6.45, 7) is 5.34. The SMILES string of the molecule is CC(CN)CCN(C)CCc1ccc2c(c1)CCC2. The van der Waals surface area contributed by atoms with Gasteiger partial charge in [-0.3, -0.25) is 0 Å². The van der Waals surface area contributed by atoms with E-state index in [2.05, 4.69) is 37.1 Å². The first-order chi connectivity index (χ1) is 9.19. The minimum atomic E-state index is 0.641. The highest BCUT2D eigenvalue weighted by atomic mass is 15.1. The highest BCUT2D eigenvalue weighted by Gasteiger charge is 2.11. The molecule has 0 saturated heterocycles. The summed E-state index contributed by atoms with van der Waals surface area (Å²) in [7, 11) is 2.22. The van der Waals surface area contributed by atoms with Gasteiger partial charge in [0, 0.05) is 6.54 Å². The fraction of sp³-hybridized carbons (Fsp3) is 0.647. The van der Waals surface area contributed by atoms with Gasteiger partial charge >= 0.3 is 0 Å². The Morgan fingerprint density at radius 1 is 1.21 bits per heavy atom. The lowest BCUT2D eigenvalue weighted by atomic mass is 10.0. The summed E-state index contributed by atoms with van der Waals surface area (Å²) in [5, 5.41) is 0. The number of nitrogens with two attached hydrogens (primary N) is 1. The molecule has 2 N–H and O–H groups in total.